The minimum atomic E-state index is -0.726. The minimum Gasteiger partial charge on any atom is -0.507 e. The van der Waals surface area contributed by atoms with E-state index in [-0.39, 0.29) is 17.9 Å². The van der Waals surface area contributed by atoms with Gasteiger partial charge in [0.15, 0.2) is 0 Å². The lowest BCUT2D eigenvalue weighted by molar-refractivity contribution is -0.140. The number of nitrogens with zero attached hydrogens (tertiary/aromatic N) is 2. The summed E-state index contributed by atoms with van der Waals surface area (Å²) in [6.45, 7) is 2.63. The van der Waals surface area contributed by atoms with E-state index in [4.69, 9.17) is 4.74 Å². The highest BCUT2D eigenvalue weighted by Crippen LogP contribution is 2.40. The van der Waals surface area contributed by atoms with Crippen molar-refractivity contribution in [3.8, 4) is 5.75 Å². The third kappa shape index (κ3) is 4.05. The molecule has 6 nitrogen and oxygen atoms in total. The van der Waals surface area contributed by atoms with Crippen LogP contribution in [0.5, 0.6) is 5.75 Å². The summed E-state index contributed by atoms with van der Waals surface area (Å²) < 4.78 is 5.51. The number of Topliss-reactive ketones (excluding diaryl/α,β-unsaturated/α-hetero) is 1. The van der Waals surface area contributed by atoms with Crippen LogP contribution in [-0.2, 0) is 16.1 Å². The Hall–Kier alpha value is -3.93. The number of aromatic nitrogens is 1. The van der Waals surface area contributed by atoms with E-state index in [0.717, 1.165) is 5.56 Å². The molecule has 31 heavy (non-hydrogen) atoms. The zero-order valence-electron chi connectivity index (χ0n) is 17.1. The van der Waals surface area contributed by atoms with Crippen LogP contribution in [0.3, 0.4) is 0 Å². The van der Waals surface area contributed by atoms with E-state index in [9.17, 15) is 14.7 Å². The van der Waals surface area contributed by atoms with Crippen LogP contribution in [0.15, 0.2) is 84.7 Å². The Labute approximate surface area is 180 Å². The van der Waals surface area contributed by atoms with Crippen molar-refractivity contribution in [2.75, 3.05) is 6.61 Å². The number of benzene rings is 2. The summed E-state index contributed by atoms with van der Waals surface area (Å²) in [5.41, 5.74) is 2.06. The van der Waals surface area contributed by atoms with E-state index in [1.54, 1.807) is 54.9 Å². The Kier molecular flexibility index (Phi) is 5.80. The molecular formula is C25H22N2O4. The molecule has 2 aromatic carbocycles. The van der Waals surface area contributed by atoms with Gasteiger partial charge in [-0.25, -0.2) is 0 Å². The lowest BCUT2D eigenvalue weighted by Gasteiger charge is -2.25. The Morgan fingerprint density at radius 1 is 1.03 bits per heavy atom. The van der Waals surface area contributed by atoms with Crippen LogP contribution in [0.25, 0.3) is 5.76 Å². The van der Waals surface area contributed by atoms with Crippen LogP contribution in [0.2, 0.25) is 0 Å². The van der Waals surface area contributed by atoms with Crippen LogP contribution < -0.4 is 4.74 Å². The fourth-order valence-corrected chi connectivity index (χ4v) is 3.74. The summed E-state index contributed by atoms with van der Waals surface area (Å²) in [6, 6.07) is 18.9. The largest absolute Gasteiger partial charge is 0.507 e. The van der Waals surface area contributed by atoms with Gasteiger partial charge in [0, 0.05) is 24.5 Å². The van der Waals surface area contributed by atoms with E-state index in [0.29, 0.717) is 23.5 Å². The van der Waals surface area contributed by atoms with Crippen LogP contribution >= 0.6 is 0 Å². The summed E-state index contributed by atoms with van der Waals surface area (Å²) in [5.74, 6) is -0.852. The molecule has 1 aliphatic rings. The maximum absolute atomic E-state index is 13.0. The number of amides is 1. The number of aliphatic hydroxyl groups is 1. The highest BCUT2D eigenvalue weighted by molar-refractivity contribution is 6.46. The van der Waals surface area contributed by atoms with Crippen molar-refractivity contribution >= 4 is 17.4 Å². The quantitative estimate of drug-likeness (QED) is 0.373. The molecule has 1 aromatic heterocycles. The van der Waals surface area contributed by atoms with Crippen molar-refractivity contribution in [3.05, 3.63) is 101 Å². The molecule has 0 saturated carbocycles. The fourth-order valence-electron chi connectivity index (χ4n) is 3.74. The van der Waals surface area contributed by atoms with Gasteiger partial charge >= 0.3 is 0 Å². The molecule has 0 unspecified atom stereocenters. The van der Waals surface area contributed by atoms with Crippen molar-refractivity contribution in [1.82, 2.24) is 9.88 Å². The molecular weight excluding hydrogens is 392 g/mol. The van der Waals surface area contributed by atoms with E-state index in [2.05, 4.69) is 4.98 Å². The number of hydrogen-bond acceptors (Lipinski definition) is 5. The topological polar surface area (TPSA) is 79.7 Å². The average Bonchev–Trinajstić information content (AvgIpc) is 3.05. The van der Waals surface area contributed by atoms with Gasteiger partial charge in [0.2, 0.25) is 0 Å². The monoisotopic (exact) mass is 414 g/mol. The first-order valence-electron chi connectivity index (χ1n) is 10.1. The molecule has 6 heteroatoms. The Balaban J connectivity index is 1.82. The second-order valence-electron chi connectivity index (χ2n) is 7.16. The molecule has 0 radical (unpaired) electrons. The molecule has 156 valence electrons. The number of hydrogen-bond donors (Lipinski definition) is 1. The molecule has 1 aliphatic heterocycles. The lowest BCUT2D eigenvalue weighted by atomic mass is 9.95. The first-order valence-corrected chi connectivity index (χ1v) is 10.1. The smallest absolute Gasteiger partial charge is 0.295 e. The van der Waals surface area contributed by atoms with Crippen molar-refractivity contribution in [1.29, 1.82) is 0 Å². The van der Waals surface area contributed by atoms with Crippen LogP contribution in [0.1, 0.15) is 29.7 Å². The molecule has 1 saturated heterocycles. The van der Waals surface area contributed by atoms with Crippen molar-refractivity contribution in [2.24, 2.45) is 0 Å². The number of aliphatic hydroxyl groups excluding tert-OH is 1. The molecule has 1 atom stereocenters. The SMILES string of the molecule is CCOc1ccc([C@H]2C(=C(O)c3ccccc3)C(=O)C(=O)N2Cc2cccnc2)cc1. The second-order valence-corrected chi connectivity index (χ2v) is 7.16. The summed E-state index contributed by atoms with van der Waals surface area (Å²) in [7, 11) is 0. The zero-order valence-corrected chi connectivity index (χ0v) is 17.1. The van der Waals surface area contributed by atoms with E-state index >= 15 is 0 Å². The summed E-state index contributed by atoms with van der Waals surface area (Å²) in [6.07, 6.45) is 3.31. The van der Waals surface area contributed by atoms with Gasteiger partial charge in [-0.3, -0.25) is 14.6 Å². The number of carbonyl (C=O) groups is 2. The number of likely N-dealkylation sites (tertiary alicyclic amines) is 1. The molecule has 1 fully saturated rings. The first-order chi connectivity index (χ1) is 15.1. The third-order valence-electron chi connectivity index (χ3n) is 5.17. The number of ether oxygens (including phenoxy) is 1. The number of pyridine rings is 1. The Morgan fingerprint density at radius 3 is 2.42 bits per heavy atom. The molecule has 0 spiro atoms. The van der Waals surface area contributed by atoms with Crippen molar-refractivity contribution in [3.63, 3.8) is 0 Å². The third-order valence-corrected chi connectivity index (χ3v) is 5.17. The van der Waals surface area contributed by atoms with Gasteiger partial charge in [-0.2, -0.15) is 0 Å². The van der Waals surface area contributed by atoms with E-state index in [1.165, 1.54) is 4.90 Å². The molecule has 2 heterocycles. The molecule has 1 N–H and O–H groups in total. The van der Waals surface area contributed by atoms with Crippen LogP contribution in [0.4, 0.5) is 0 Å². The van der Waals surface area contributed by atoms with Crippen LogP contribution in [0, 0.1) is 0 Å². The average molecular weight is 414 g/mol. The highest BCUT2D eigenvalue weighted by atomic mass is 16.5. The molecule has 1 amide bonds. The lowest BCUT2D eigenvalue weighted by Crippen LogP contribution is -2.29. The summed E-state index contributed by atoms with van der Waals surface area (Å²) >= 11 is 0. The highest BCUT2D eigenvalue weighted by Gasteiger charge is 2.46. The van der Waals surface area contributed by atoms with Gasteiger partial charge < -0.3 is 14.7 Å². The second kappa shape index (κ2) is 8.83. The van der Waals surface area contributed by atoms with Gasteiger partial charge in [-0.05, 0) is 36.2 Å². The van der Waals surface area contributed by atoms with Crippen molar-refractivity contribution in [2.45, 2.75) is 19.5 Å². The van der Waals surface area contributed by atoms with E-state index in [1.807, 2.05) is 31.2 Å². The number of rotatable bonds is 6. The summed E-state index contributed by atoms with van der Waals surface area (Å²) in [5, 5.41) is 11.0. The van der Waals surface area contributed by atoms with Crippen LogP contribution in [-0.4, -0.2) is 33.3 Å². The van der Waals surface area contributed by atoms with Gasteiger partial charge in [-0.15, -0.1) is 0 Å². The zero-order chi connectivity index (χ0) is 21.8. The predicted molar refractivity (Wildman–Crippen MR) is 116 cm³/mol. The maximum Gasteiger partial charge on any atom is 0.295 e. The van der Waals surface area contributed by atoms with Gasteiger partial charge in [-0.1, -0.05) is 48.5 Å². The standard InChI is InChI=1S/C25H22N2O4/c1-2-31-20-12-10-18(11-13-20)22-21(23(28)19-8-4-3-5-9-19)24(29)25(30)27(22)16-17-7-6-14-26-15-17/h3-15,22,28H,2,16H2,1H3/t22-/m0/s1. The molecule has 0 bridgehead atoms. The Morgan fingerprint density at radius 2 is 1.77 bits per heavy atom. The minimum absolute atomic E-state index is 0.0734. The number of ketones is 1. The summed E-state index contributed by atoms with van der Waals surface area (Å²) in [4.78, 5) is 31.6. The van der Waals surface area contributed by atoms with Gasteiger partial charge in [0.1, 0.15) is 11.5 Å². The normalized spacial score (nSPS) is 17.7. The van der Waals surface area contributed by atoms with Crippen molar-refractivity contribution < 1.29 is 19.4 Å². The first kappa shape index (κ1) is 20.3. The maximum atomic E-state index is 13.0. The Bertz CT molecular complexity index is 1110. The molecule has 3 aromatic rings. The fraction of sp³-hybridized carbons (Fsp3) is 0.160. The number of carbonyl (C=O) groups excluding carboxylic acids is 2. The van der Waals surface area contributed by atoms with Gasteiger partial charge in [0.25, 0.3) is 11.7 Å². The van der Waals surface area contributed by atoms with E-state index < -0.39 is 17.7 Å². The molecule has 0 aliphatic carbocycles. The molecule has 4 rings (SSSR count). The van der Waals surface area contributed by atoms with Gasteiger partial charge in [0.05, 0.1) is 18.2 Å². The predicted octanol–water partition coefficient (Wildman–Crippen LogP) is 4.10.